The molecule has 1 unspecified atom stereocenters. The Kier molecular flexibility index (Phi) is 6.61. The number of hydrogen-bond acceptors (Lipinski definition) is 1. The molecule has 0 aliphatic rings. The summed E-state index contributed by atoms with van der Waals surface area (Å²) in [5.74, 6) is 0. The zero-order valence-corrected chi connectivity index (χ0v) is 11.6. The van der Waals surface area contributed by atoms with Crippen molar-refractivity contribution in [1.29, 1.82) is 0 Å². The summed E-state index contributed by atoms with van der Waals surface area (Å²) in [6.07, 6.45) is 6.68. The molecular weight excluding hydrogens is 232 g/mol. The highest BCUT2D eigenvalue weighted by molar-refractivity contribution is 6.31. The summed E-state index contributed by atoms with van der Waals surface area (Å²) >= 11 is 5.97. The largest absolute Gasteiger partial charge is 0.388 e. The van der Waals surface area contributed by atoms with Crippen molar-refractivity contribution < 1.29 is 5.11 Å². The highest BCUT2D eigenvalue weighted by atomic mass is 35.5. The van der Waals surface area contributed by atoms with Gasteiger partial charge in [0.2, 0.25) is 0 Å². The number of rotatable bonds is 7. The number of benzene rings is 1. The van der Waals surface area contributed by atoms with Gasteiger partial charge < -0.3 is 5.11 Å². The molecule has 1 aromatic rings. The first-order valence-electron chi connectivity index (χ1n) is 6.59. The summed E-state index contributed by atoms with van der Waals surface area (Å²) in [5.41, 5.74) is 2.02. The predicted octanol–water partition coefficient (Wildman–Crippen LogP) is 5.04. The Labute approximate surface area is 110 Å². The molecule has 1 nitrogen and oxygen atoms in total. The van der Waals surface area contributed by atoms with Crippen LogP contribution in [0.3, 0.4) is 0 Å². The van der Waals surface area contributed by atoms with Gasteiger partial charge in [0.1, 0.15) is 0 Å². The summed E-state index contributed by atoms with van der Waals surface area (Å²) < 4.78 is 0. The molecule has 0 saturated heterocycles. The first kappa shape index (κ1) is 14.5. The molecule has 1 rings (SSSR count). The molecule has 0 aliphatic heterocycles. The minimum Gasteiger partial charge on any atom is -0.388 e. The lowest BCUT2D eigenvalue weighted by molar-refractivity contribution is 0.163. The van der Waals surface area contributed by atoms with Crippen molar-refractivity contribution in [3.8, 4) is 0 Å². The van der Waals surface area contributed by atoms with Gasteiger partial charge in [-0.05, 0) is 30.5 Å². The van der Waals surface area contributed by atoms with Crippen LogP contribution in [0.4, 0.5) is 0 Å². The highest BCUT2D eigenvalue weighted by Gasteiger charge is 2.08. The Balaban J connectivity index is 2.36. The SMILES string of the molecule is CCCCCCCC(O)c1ccc(Cl)c(C)c1. The van der Waals surface area contributed by atoms with Gasteiger partial charge in [-0.15, -0.1) is 0 Å². The Hall–Kier alpha value is -0.530. The van der Waals surface area contributed by atoms with Crippen LogP contribution in [0, 0.1) is 6.92 Å². The minimum atomic E-state index is -0.340. The van der Waals surface area contributed by atoms with Crippen LogP contribution in [0.2, 0.25) is 5.02 Å². The van der Waals surface area contributed by atoms with Gasteiger partial charge in [0.05, 0.1) is 6.10 Å². The zero-order chi connectivity index (χ0) is 12.7. The van der Waals surface area contributed by atoms with Crippen LogP contribution in [0.15, 0.2) is 18.2 Å². The average Bonchev–Trinajstić information content (AvgIpc) is 2.32. The van der Waals surface area contributed by atoms with Crippen molar-refractivity contribution in [1.82, 2.24) is 0 Å². The molecule has 0 aliphatic carbocycles. The van der Waals surface area contributed by atoms with Crippen LogP contribution < -0.4 is 0 Å². The van der Waals surface area contributed by atoms with E-state index < -0.39 is 0 Å². The lowest BCUT2D eigenvalue weighted by atomic mass is 10.0. The van der Waals surface area contributed by atoms with Crippen molar-refractivity contribution in [2.75, 3.05) is 0 Å². The lowest BCUT2D eigenvalue weighted by Crippen LogP contribution is -1.98. The minimum absolute atomic E-state index is 0.340. The molecule has 0 amide bonds. The van der Waals surface area contributed by atoms with Crippen LogP contribution in [0.5, 0.6) is 0 Å². The Morgan fingerprint density at radius 1 is 1.18 bits per heavy atom. The molecule has 0 saturated carbocycles. The van der Waals surface area contributed by atoms with Gasteiger partial charge in [0, 0.05) is 5.02 Å². The van der Waals surface area contributed by atoms with Crippen LogP contribution in [0.1, 0.15) is 62.7 Å². The summed E-state index contributed by atoms with van der Waals surface area (Å²) in [6.45, 7) is 4.19. The fraction of sp³-hybridized carbons (Fsp3) is 0.600. The quantitative estimate of drug-likeness (QED) is 0.676. The zero-order valence-electron chi connectivity index (χ0n) is 10.9. The fourth-order valence-electron chi connectivity index (χ4n) is 1.98. The third kappa shape index (κ3) is 5.10. The molecule has 0 aromatic heterocycles. The highest BCUT2D eigenvalue weighted by Crippen LogP contribution is 2.24. The summed E-state index contributed by atoms with van der Waals surface area (Å²) in [5, 5.41) is 10.8. The van der Waals surface area contributed by atoms with E-state index in [9.17, 15) is 5.11 Å². The third-order valence-electron chi connectivity index (χ3n) is 3.15. The topological polar surface area (TPSA) is 20.2 Å². The van der Waals surface area contributed by atoms with Gasteiger partial charge in [0.25, 0.3) is 0 Å². The number of aliphatic hydroxyl groups excluding tert-OH is 1. The van der Waals surface area contributed by atoms with E-state index in [0.29, 0.717) is 0 Å². The Morgan fingerprint density at radius 3 is 2.53 bits per heavy atom. The van der Waals surface area contributed by atoms with E-state index in [-0.39, 0.29) is 6.10 Å². The molecule has 0 heterocycles. The van der Waals surface area contributed by atoms with Crippen LogP contribution >= 0.6 is 11.6 Å². The van der Waals surface area contributed by atoms with Gasteiger partial charge in [-0.25, -0.2) is 0 Å². The van der Waals surface area contributed by atoms with E-state index in [2.05, 4.69) is 6.92 Å². The molecule has 1 atom stereocenters. The number of halogens is 1. The van der Waals surface area contributed by atoms with E-state index in [0.717, 1.165) is 29.0 Å². The number of aryl methyl sites for hydroxylation is 1. The first-order valence-corrected chi connectivity index (χ1v) is 6.97. The molecule has 17 heavy (non-hydrogen) atoms. The van der Waals surface area contributed by atoms with Crippen molar-refractivity contribution in [2.24, 2.45) is 0 Å². The molecule has 1 aromatic carbocycles. The van der Waals surface area contributed by atoms with Gasteiger partial charge in [0.15, 0.2) is 0 Å². The standard InChI is InChI=1S/C15H23ClO/c1-3-4-5-6-7-8-15(17)13-9-10-14(16)12(2)11-13/h9-11,15,17H,3-8H2,1-2H3. The van der Waals surface area contributed by atoms with E-state index in [1.807, 2.05) is 25.1 Å². The van der Waals surface area contributed by atoms with Crippen LogP contribution in [-0.4, -0.2) is 5.11 Å². The summed E-state index contributed by atoms with van der Waals surface area (Å²) in [4.78, 5) is 0. The maximum atomic E-state index is 10.0. The number of unbranched alkanes of at least 4 members (excludes halogenated alkanes) is 4. The number of hydrogen-bond donors (Lipinski definition) is 1. The van der Waals surface area contributed by atoms with Crippen molar-refractivity contribution in [2.45, 2.75) is 58.5 Å². The molecule has 0 fully saturated rings. The Bertz CT molecular complexity index is 336. The maximum Gasteiger partial charge on any atom is 0.0790 e. The number of aliphatic hydroxyl groups is 1. The Morgan fingerprint density at radius 2 is 1.88 bits per heavy atom. The monoisotopic (exact) mass is 254 g/mol. The fourth-order valence-corrected chi connectivity index (χ4v) is 2.10. The van der Waals surface area contributed by atoms with E-state index in [1.165, 1.54) is 25.7 Å². The smallest absolute Gasteiger partial charge is 0.0790 e. The third-order valence-corrected chi connectivity index (χ3v) is 3.57. The van der Waals surface area contributed by atoms with Gasteiger partial charge >= 0.3 is 0 Å². The second kappa shape index (κ2) is 7.73. The summed E-state index contributed by atoms with van der Waals surface area (Å²) in [6, 6.07) is 5.78. The second-order valence-electron chi connectivity index (χ2n) is 4.73. The molecule has 96 valence electrons. The molecule has 0 radical (unpaired) electrons. The molecular formula is C15H23ClO. The van der Waals surface area contributed by atoms with Crippen molar-refractivity contribution >= 4 is 11.6 Å². The van der Waals surface area contributed by atoms with Gasteiger partial charge in [-0.1, -0.05) is 62.8 Å². The maximum absolute atomic E-state index is 10.0. The van der Waals surface area contributed by atoms with Crippen molar-refractivity contribution in [3.63, 3.8) is 0 Å². The molecule has 0 bridgehead atoms. The van der Waals surface area contributed by atoms with Crippen molar-refractivity contribution in [3.05, 3.63) is 34.3 Å². The summed E-state index contributed by atoms with van der Waals surface area (Å²) in [7, 11) is 0. The molecule has 1 N–H and O–H groups in total. The molecule has 2 heteroatoms. The van der Waals surface area contributed by atoms with Gasteiger partial charge in [-0.3, -0.25) is 0 Å². The second-order valence-corrected chi connectivity index (χ2v) is 5.13. The average molecular weight is 255 g/mol. The lowest BCUT2D eigenvalue weighted by Gasteiger charge is -2.12. The predicted molar refractivity (Wildman–Crippen MR) is 74.5 cm³/mol. The normalized spacial score (nSPS) is 12.7. The first-order chi connectivity index (χ1) is 8.15. The molecule has 0 spiro atoms. The van der Waals surface area contributed by atoms with E-state index >= 15 is 0 Å². The van der Waals surface area contributed by atoms with Gasteiger partial charge in [-0.2, -0.15) is 0 Å². The van der Waals surface area contributed by atoms with E-state index in [1.54, 1.807) is 0 Å². The van der Waals surface area contributed by atoms with Crippen LogP contribution in [0.25, 0.3) is 0 Å². The van der Waals surface area contributed by atoms with Crippen LogP contribution in [-0.2, 0) is 0 Å². The van der Waals surface area contributed by atoms with E-state index in [4.69, 9.17) is 11.6 Å².